The molecule has 0 N–H and O–H groups in total. The van der Waals surface area contributed by atoms with Gasteiger partial charge >= 0.3 is 0 Å². The molecule has 1 aliphatic heterocycles. The lowest BCUT2D eigenvalue weighted by Gasteiger charge is -2.05. The summed E-state index contributed by atoms with van der Waals surface area (Å²) in [6.07, 6.45) is 2.66. The summed E-state index contributed by atoms with van der Waals surface area (Å²) in [5.41, 5.74) is 1.36. The fraction of sp³-hybridized carbons (Fsp3) is 0.308. The average Bonchev–Trinajstić information content (AvgIpc) is 2.87. The highest BCUT2D eigenvalue weighted by molar-refractivity contribution is 8.15. The van der Waals surface area contributed by atoms with Gasteiger partial charge in [0, 0.05) is 18.0 Å². The Morgan fingerprint density at radius 2 is 2.13 bits per heavy atom. The third kappa shape index (κ3) is 1.44. The summed E-state index contributed by atoms with van der Waals surface area (Å²) in [5, 5.41) is 5.38. The summed E-state index contributed by atoms with van der Waals surface area (Å²) in [7, 11) is 2.59. The molecule has 1 aromatic carbocycles. The first kappa shape index (κ1) is 9.22. The Balaban J connectivity index is 2.23. The van der Waals surface area contributed by atoms with E-state index in [1.54, 1.807) is 0 Å². The van der Waals surface area contributed by atoms with E-state index in [1.807, 2.05) is 0 Å². The van der Waals surface area contributed by atoms with Gasteiger partial charge in [-0.3, -0.25) is 0 Å². The van der Waals surface area contributed by atoms with Gasteiger partial charge in [0.2, 0.25) is 0 Å². The maximum atomic E-state index is 2.49. The Bertz CT molecular complexity index is 536. The van der Waals surface area contributed by atoms with Crippen LogP contribution in [0.3, 0.4) is 0 Å². The quantitative estimate of drug-likeness (QED) is 0.645. The van der Waals surface area contributed by atoms with E-state index < -0.39 is 0 Å². The number of para-hydroxylation sites is 1. The number of benzene rings is 1. The van der Waals surface area contributed by atoms with E-state index >= 15 is 0 Å². The van der Waals surface area contributed by atoms with E-state index in [9.17, 15) is 0 Å². The lowest BCUT2D eigenvalue weighted by molar-refractivity contribution is 0.861. The van der Waals surface area contributed by atoms with Gasteiger partial charge in [0.05, 0.1) is 5.03 Å². The Labute approximate surface area is 92.6 Å². The number of nitrogens with zero attached hydrogens (tertiary/aromatic N) is 1. The molecule has 3 rings (SSSR count). The van der Waals surface area contributed by atoms with Crippen molar-refractivity contribution >= 4 is 26.8 Å². The fourth-order valence-electron chi connectivity index (χ4n) is 2.25. The lowest BCUT2D eigenvalue weighted by atomic mass is 10.2. The number of aromatic nitrogens is 1. The maximum Gasteiger partial charge on any atom is 0.0698 e. The van der Waals surface area contributed by atoms with Crippen LogP contribution in [0, 0.1) is 0 Å². The second-order valence-corrected chi connectivity index (χ2v) is 6.06. The molecule has 0 radical (unpaired) electrons. The minimum atomic E-state index is 0.403. The summed E-state index contributed by atoms with van der Waals surface area (Å²) in [6, 6.07) is 11.0. The highest BCUT2D eigenvalue weighted by atomic mass is 32.2. The SMILES string of the molecule is Cn1c(S2=CCCC2)cc2ccccc21. The van der Waals surface area contributed by atoms with Crippen LogP contribution in [0.15, 0.2) is 35.4 Å². The highest BCUT2D eigenvalue weighted by Gasteiger charge is 2.11. The van der Waals surface area contributed by atoms with E-state index in [1.165, 1.54) is 34.5 Å². The van der Waals surface area contributed by atoms with Crippen molar-refractivity contribution in [2.45, 2.75) is 17.9 Å². The zero-order valence-electron chi connectivity index (χ0n) is 8.94. The van der Waals surface area contributed by atoms with Crippen LogP contribution in [0.1, 0.15) is 12.8 Å². The van der Waals surface area contributed by atoms with Crippen molar-refractivity contribution in [1.82, 2.24) is 4.57 Å². The van der Waals surface area contributed by atoms with Crippen molar-refractivity contribution in [2.24, 2.45) is 7.05 Å². The average molecular weight is 217 g/mol. The van der Waals surface area contributed by atoms with Crippen molar-refractivity contribution in [1.29, 1.82) is 0 Å². The molecule has 1 aliphatic rings. The van der Waals surface area contributed by atoms with Gasteiger partial charge in [-0.2, -0.15) is 0 Å². The predicted molar refractivity (Wildman–Crippen MR) is 68.9 cm³/mol. The number of aryl methyl sites for hydroxylation is 1. The van der Waals surface area contributed by atoms with E-state index in [0.29, 0.717) is 10.5 Å². The fourth-order valence-corrected chi connectivity index (χ4v) is 4.46. The van der Waals surface area contributed by atoms with Crippen LogP contribution >= 0.6 is 10.5 Å². The molecule has 15 heavy (non-hydrogen) atoms. The summed E-state index contributed by atoms with van der Waals surface area (Å²) >= 11 is 0. The van der Waals surface area contributed by atoms with Crippen LogP contribution in [0.2, 0.25) is 0 Å². The van der Waals surface area contributed by atoms with Gasteiger partial charge in [-0.05, 0) is 30.7 Å². The number of rotatable bonds is 1. The van der Waals surface area contributed by atoms with Gasteiger partial charge < -0.3 is 4.57 Å². The first-order valence-corrected chi connectivity index (χ1v) is 6.89. The van der Waals surface area contributed by atoms with Crippen molar-refractivity contribution in [3.8, 4) is 0 Å². The Morgan fingerprint density at radius 3 is 2.87 bits per heavy atom. The maximum absolute atomic E-state index is 2.49. The lowest BCUT2D eigenvalue weighted by Crippen LogP contribution is -1.90. The molecule has 0 bridgehead atoms. The smallest absolute Gasteiger partial charge is 0.0698 e. The molecule has 2 heteroatoms. The predicted octanol–water partition coefficient (Wildman–Crippen LogP) is 3.40. The van der Waals surface area contributed by atoms with Crippen LogP contribution in [-0.2, 0) is 7.05 Å². The van der Waals surface area contributed by atoms with E-state index in [0.717, 1.165) is 0 Å². The van der Waals surface area contributed by atoms with Gasteiger partial charge in [-0.25, -0.2) is 0 Å². The molecule has 2 heterocycles. The molecular formula is C13H15NS. The topological polar surface area (TPSA) is 4.93 Å². The van der Waals surface area contributed by atoms with Crippen LogP contribution in [0.25, 0.3) is 10.9 Å². The first-order valence-electron chi connectivity index (χ1n) is 5.44. The summed E-state index contributed by atoms with van der Waals surface area (Å²) in [5.74, 6) is 1.35. The van der Waals surface area contributed by atoms with Crippen LogP contribution in [0.4, 0.5) is 0 Å². The van der Waals surface area contributed by atoms with Gasteiger partial charge in [-0.15, -0.1) is 10.5 Å². The van der Waals surface area contributed by atoms with Gasteiger partial charge in [-0.1, -0.05) is 23.6 Å². The Morgan fingerprint density at radius 1 is 1.27 bits per heavy atom. The molecule has 78 valence electrons. The molecule has 1 aromatic heterocycles. The van der Waals surface area contributed by atoms with Gasteiger partial charge in [0.1, 0.15) is 0 Å². The van der Waals surface area contributed by atoms with Crippen LogP contribution in [0.5, 0.6) is 0 Å². The van der Waals surface area contributed by atoms with Crippen molar-refractivity contribution in [2.75, 3.05) is 5.75 Å². The first-order chi connectivity index (χ1) is 7.36. The van der Waals surface area contributed by atoms with E-state index in [4.69, 9.17) is 0 Å². The molecule has 1 nitrogen and oxygen atoms in total. The molecule has 0 saturated carbocycles. The van der Waals surface area contributed by atoms with E-state index in [2.05, 4.69) is 47.3 Å². The monoisotopic (exact) mass is 217 g/mol. The van der Waals surface area contributed by atoms with Crippen LogP contribution < -0.4 is 0 Å². The molecular weight excluding hydrogens is 202 g/mol. The molecule has 0 spiro atoms. The molecule has 1 atom stereocenters. The number of fused-ring (bicyclic) bond motifs is 1. The third-order valence-electron chi connectivity index (χ3n) is 3.06. The molecule has 1 unspecified atom stereocenters. The molecule has 0 fully saturated rings. The third-order valence-corrected chi connectivity index (χ3v) is 5.36. The minimum absolute atomic E-state index is 0.403. The summed E-state index contributed by atoms with van der Waals surface area (Å²) < 4.78 is 2.36. The van der Waals surface area contributed by atoms with Gasteiger partial charge in [0.25, 0.3) is 0 Å². The number of hydrogen-bond donors (Lipinski definition) is 0. The normalized spacial score (nSPS) is 20.7. The van der Waals surface area contributed by atoms with Crippen LogP contribution in [-0.4, -0.2) is 15.7 Å². The number of hydrogen-bond acceptors (Lipinski definition) is 0. The standard InChI is InChI=1S/C13H15NS/c1-14-12-7-3-2-6-11(12)10-13(14)15-8-4-5-9-15/h2-3,6-8,10H,4-5,9H2,1H3. The zero-order chi connectivity index (χ0) is 10.3. The largest absolute Gasteiger partial charge is 0.339 e. The summed E-state index contributed by atoms with van der Waals surface area (Å²) in [4.78, 5) is 0. The zero-order valence-corrected chi connectivity index (χ0v) is 9.76. The Kier molecular flexibility index (Phi) is 2.17. The molecule has 2 aromatic rings. The molecule has 0 aliphatic carbocycles. The van der Waals surface area contributed by atoms with Crippen molar-refractivity contribution < 1.29 is 0 Å². The van der Waals surface area contributed by atoms with E-state index in [-0.39, 0.29) is 0 Å². The van der Waals surface area contributed by atoms with Crippen molar-refractivity contribution in [3.63, 3.8) is 0 Å². The highest BCUT2D eigenvalue weighted by Crippen LogP contribution is 2.35. The molecule has 0 saturated heterocycles. The van der Waals surface area contributed by atoms with Gasteiger partial charge in [0.15, 0.2) is 0 Å². The summed E-state index contributed by atoms with van der Waals surface area (Å²) in [6.45, 7) is 0. The second kappa shape index (κ2) is 3.53. The van der Waals surface area contributed by atoms with Crippen molar-refractivity contribution in [3.05, 3.63) is 30.3 Å². The Hall–Kier alpha value is -1.02. The molecule has 0 amide bonds. The minimum Gasteiger partial charge on any atom is -0.339 e. The second-order valence-electron chi connectivity index (χ2n) is 4.04.